The van der Waals surface area contributed by atoms with Crippen molar-refractivity contribution in [1.82, 2.24) is 0 Å². The average Bonchev–Trinajstić information content (AvgIpc) is 2.74. The normalized spacial score (nSPS) is 14.2. The molecule has 0 saturated carbocycles. The number of carbonyl (C=O) groups excluding carboxylic acids is 1. The Labute approximate surface area is 147 Å². The smallest absolute Gasteiger partial charge is 0.262 e. The number of aryl methyl sites for hydroxylation is 2. The molecule has 1 heterocycles. The van der Waals surface area contributed by atoms with E-state index in [-0.39, 0.29) is 10.8 Å². The summed E-state index contributed by atoms with van der Waals surface area (Å²) < 4.78 is 33.3. The minimum absolute atomic E-state index is 0.0445. The maximum atomic E-state index is 12.8. The van der Waals surface area contributed by atoms with Crippen molar-refractivity contribution in [2.75, 3.05) is 17.1 Å². The molecule has 2 aromatic rings. The van der Waals surface area contributed by atoms with Gasteiger partial charge in [-0.15, -0.1) is 0 Å². The molecule has 0 spiro atoms. The Morgan fingerprint density at radius 3 is 2.68 bits per heavy atom. The highest BCUT2D eigenvalue weighted by Crippen LogP contribution is 2.30. The summed E-state index contributed by atoms with van der Waals surface area (Å²) in [6.45, 7) is 1.88. The lowest BCUT2D eigenvalue weighted by Gasteiger charge is -2.14. The molecule has 1 aliphatic heterocycles. The molecule has 0 radical (unpaired) electrons. The lowest BCUT2D eigenvalue weighted by molar-refractivity contribution is -0.116. The van der Waals surface area contributed by atoms with Crippen molar-refractivity contribution in [3.05, 3.63) is 47.5 Å². The molecule has 0 atom stereocenters. The van der Waals surface area contributed by atoms with E-state index in [1.165, 1.54) is 13.2 Å². The van der Waals surface area contributed by atoms with Crippen LogP contribution in [-0.2, 0) is 21.2 Å². The summed E-state index contributed by atoms with van der Waals surface area (Å²) >= 11 is 0. The standard InChI is InChI=1S/C18H20N2O4S/c1-12-6-9-17(24-2)16(10-12)20-25(22,23)14-7-8-15-13(11-14)4-3-5-18(21)19-15/h6-11,20H,3-5H2,1-2H3,(H,19,21). The lowest BCUT2D eigenvalue weighted by atomic mass is 10.1. The number of sulfonamides is 1. The largest absolute Gasteiger partial charge is 0.495 e. The number of methoxy groups -OCH3 is 1. The van der Waals surface area contributed by atoms with Crippen molar-refractivity contribution in [2.45, 2.75) is 31.1 Å². The van der Waals surface area contributed by atoms with Gasteiger partial charge in [-0.1, -0.05) is 6.07 Å². The zero-order valence-corrected chi connectivity index (χ0v) is 14.9. The van der Waals surface area contributed by atoms with Crippen LogP contribution in [0.5, 0.6) is 5.75 Å². The molecule has 1 aliphatic rings. The number of fused-ring (bicyclic) bond motifs is 1. The number of rotatable bonds is 4. The third-order valence-corrected chi connectivity index (χ3v) is 5.47. The highest BCUT2D eigenvalue weighted by atomic mass is 32.2. The van der Waals surface area contributed by atoms with Crippen LogP contribution >= 0.6 is 0 Å². The zero-order chi connectivity index (χ0) is 18.0. The number of amides is 1. The molecule has 6 nitrogen and oxygen atoms in total. The first-order valence-corrected chi connectivity index (χ1v) is 9.47. The van der Waals surface area contributed by atoms with Crippen LogP contribution in [0.15, 0.2) is 41.3 Å². The molecule has 3 rings (SSSR count). The minimum Gasteiger partial charge on any atom is -0.495 e. The number of hydrogen-bond acceptors (Lipinski definition) is 4. The van der Waals surface area contributed by atoms with Crippen LogP contribution in [0.25, 0.3) is 0 Å². The number of hydrogen-bond donors (Lipinski definition) is 2. The van der Waals surface area contributed by atoms with E-state index in [0.717, 1.165) is 11.1 Å². The molecule has 7 heteroatoms. The molecule has 1 amide bonds. The molecule has 25 heavy (non-hydrogen) atoms. The van der Waals surface area contributed by atoms with Gasteiger partial charge in [-0.3, -0.25) is 9.52 Å². The third-order valence-electron chi connectivity index (χ3n) is 4.11. The fourth-order valence-electron chi connectivity index (χ4n) is 2.82. The van der Waals surface area contributed by atoms with Gasteiger partial charge in [0.1, 0.15) is 5.75 Å². The van der Waals surface area contributed by atoms with Gasteiger partial charge in [0.15, 0.2) is 0 Å². The third kappa shape index (κ3) is 3.76. The first-order chi connectivity index (χ1) is 11.9. The summed E-state index contributed by atoms with van der Waals surface area (Å²) in [5.74, 6) is 0.410. The van der Waals surface area contributed by atoms with Gasteiger partial charge in [-0.25, -0.2) is 8.42 Å². The van der Waals surface area contributed by atoms with E-state index in [1.54, 1.807) is 24.3 Å². The molecule has 0 saturated heterocycles. The predicted molar refractivity (Wildman–Crippen MR) is 96.5 cm³/mol. The van der Waals surface area contributed by atoms with Gasteiger partial charge in [0.25, 0.3) is 10.0 Å². The average molecular weight is 360 g/mol. The van der Waals surface area contributed by atoms with Crippen molar-refractivity contribution in [2.24, 2.45) is 0 Å². The first kappa shape index (κ1) is 17.3. The summed E-state index contributed by atoms with van der Waals surface area (Å²) in [6.07, 6.45) is 1.79. The quantitative estimate of drug-likeness (QED) is 0.877. The molecule has 2 aromatic carbocycles. The van der Waals surface area contributed by atoms with Crippen LogP contribution in [0, 0.1) is 6.92 Å². The highest BCUT2D eigenvalue weighted by molar-refractivity contribution is 7.92. The van der Waals surface area contributed by atoms with E-state index < -0.39 is 10.0 Å². The van der Waals surface area contributed by atoms with Crippen LogP contribution in [0.2, 0.25) is 0 Å². The van der Waals surface area contributed by atoms with Gasteiger partial charge in [0, 0.05) is 12.1 Å². The van der Waals surface area contributed by atoms with Gasteiger partial charge in [0.2, 0.25) is 5.91 Å². The van der Waals surface area contributed by atoms with E-state index in [9.17, 15) is 13.2 Å². The maximum Gasteiger partial charge on any atom is 0.262 e. The number of carbonyl (C=O) groups is 1. The zero-order valence-electron chi connectivity index (χ0n) is 14.1. The second-order valence-corrected chi connectivity index (χ2v) is 7.71. The first-order valence-electron chi connectivity index (χ1n) is 7.99. The fourth-order valence-corrected chi connectivity index (χ4v) is 3.93. The van der Waals surface area contributed by atoms with Crippen molar-refractivity contribution < 1.29 is 17.9 Å². The minimum atomic E-state index is -3.76. The van der Waals surface area contributed by atoms with E-state index in [0.29, 0.717) is 36.4 Å². The van der Waals surface area contributed by atoms with Crippen molar-refractivity contribution in [3.8, 4) is 5.75 Å². The molecular formula is C18H20N2O4S. The van der Waals surface area contributed by atoms with Gasteiger partial charge in [-0.05, 0) is 61.2 Å². The van der Waals surface area contributed by atoms with Crippen molar-refractivity contribution >= 4 is 27.3 Å². The summed E-state index contributed by atoms with van der Waals surface area (Å²) in [5.41, 5.74) is 2.81. The van der Waals surface area contributed by atoms with Crippen molar-refractivity contribution in [3.63, 3.8) is 0 Å². The summed E-state index contributed by atoms with van der Waals surface area (Å²) in [5, 5.41) is 2.80. The van der Waals surface area contributed by atoms with E-state index >= 15 is 0 Å². The van der Waals surface area contributed by atoms with Gasteiger partial charge >= 0.3 is 0 Å². The monoisotopic (exact) mass is 360 g/mol. The van der Waals surface area contributed by atoms with Gasteiger partial charge < -0.3 is 10.1 Å². The van der Waals surface area contributed by atoms with Crippen LogP contribution in [-0.4, -0.2) is 21.4 Å². The summed E-state index contributed by atoms with van der Waals surface area (Å²) in [4.78, 5) is 11.8. The summed E-state index contributed by atoms with van der Waals surface area (Å²) in [7, 11) is -2.27. The van der Waals surface area contributed by atoms with Crippen molar-refractivity contribution in [1.29, 1.82) is 0 Å². The Morgan fingerprint density at radius 2 is 1.92 bits per heavy atom. The van der Waals surface area contributed by atoms with Crippen LogP contribution in [0.4, 0.5) is 11.4 Å². The molecule has 0 fully saturated rings. The fraction of sp³-hybridized carbons (Fsp3) is 0.278. The number of ether oxygens (including phenoxy) is 1. The maximum absolute atomic E-state index is 12.8. The Morgan fingerprint density at radius 1 is 1.12 bits per heavy atom. The second-order valence-electron chi connectivity index (χ2n) is 6.03. The molecule has 0 bridgehead atoms. The number of benzene rings is 2. The lowest BCUT2D eigenvalue weighted by Crippen LogP contribution is -2.15. The van der Waals surface area contributed by atoms with Gasteiger partial charge in [-0.2, -0.15) is 0 Å². The molecule has 0 aliphatic carbocycles. The topological polar surface area (TPSA) is 84.5 Å². The molecule has 0 unspecified atom stereocenters. The molecule has 2 N–H and O–H groups in total. The van der Waals surface area contributed by atoms with E-state index in [2.05, 4.69) is 10.0 Å². The predicted octanol–water partition coefficient (Wildman–Crippen LogP) is 3.08. The molecule has 0 aromatic heterocycles. The number of anilines is 2. The van der Waals surface area contributed by atoms with Crippen LogP contribution < -0.4 is 14.8 Å². The second kappa shape index (κ2) is 6.76. The van der Waals surface area contributed by atoms with E-state index in [4.69, 9.17) is 4.74 Å². The Bertz CT molecular complexity index is 923. The number of nitrogens with one attached hydrogen (secondary N) is 2. The van der Waals surface area contributed by atoms with Crippen LogP contribution in [0.3, 0.4) is 0 Å². The highest BCUT2D eigenvalue weighted by Gasteiger charge is 2.20. The Hall–Kier alpha value is -2.54. The SMILES string of the molecule is COc1ccc(C)cc1NS(=O)(=O)c1ccc2c(c1)CCCC(=O)N2. The van der Waals surface area contributed by atoms with Gasteiger partial charge in [0.05, 0.1) is 17.7 Å². The summed E-state index contributed by atoms with van der Waals surface area (Å²) in [6, 6.07) is 10.0. The molecule has 132 valence electrons. The Balaban J connectivity index is 1.94. The van der Waals surface area contributed by atoms with Crippen LogP contribution in [0.1, 0.15) is 24.0 Å². The van der Waals surface area contributed by atoms with E-state index in [1.807, 2.05) is 13.0 Å². The molecular weight excluding hydrogens is 340 g/mol. The Kier molecular flexibility index (Phi) is 4.67.